The number of rotatable bonds is 63. The largest absolute Gasteiger partial charge is 0.508 e. The number of nitrogens with two attached hydrogens (primary N) is 6. The molecule has 56 heteroatoms. The van der Waals surface area contributed by atoms with Crippen LogP contribution in [0.5, 0.6) is 5.75 Å². The Morgan fingerprint density at radius 2 is 0.680 bits per heavy atom. The van der Waals surface area contributed by atoms with Gasteiger partial charge in [0.25, 0.3) is 0 Å². The molecule has 0 saturated carbocycles. The van der Waals surface area contributed by atoms with Crippen molar-refractivity contribution in [2.45, 2.75) is 292 Å². The van der Waals surface area contributed by atoms with E-state index >= 15 is 4.79 Å². The number of hydrogen-bond donors (Lipinski definition) is 32. The maximum atomic E-state index is 15.0. The molecule has 0 bridgehead atoms. The molecule has 5 rings (SSSR count). The monoisotopic (exact) mass is 2080 g/mol. The average molecular weight is 2080 g/mol. The number of aliphatic hydroxyl groups excluding tert-OH is 1. The van der Waals surface area contributed by atoms with Gasteiger partial charge in [-0.15, -0.1) is 0 Å². The number of guanidine groups is 4. The van der Waals surface area contributed by atoms with E-state index in [2.05, 4.69) is 90.4 Å². The molecule has 1 aromatic carbocycles. The first kappa shape index (κ1) is 123. The van der Waals surface area contributed by atoms with Crippen LogP contribution < -0.4 is 125 Å². The number of hydrogen-bond acceptors (Lipinski definition) is 28. The first-order valence-corrected chi connectivity index (χ1v) is 49.4. The minimum Gasteiger partial charge on any atom is -0.508 e. The second-order valence-electron chi connectivity index (χ2n) is 37.6. The van der Waals surface area contributed by atoms with Gasteiger partial charge in [0.2, 0.25) is 100 Å². The summed E-state index contributed by atoms with van der Waals surface area (Å²) in [6.07, 6.45) is -1.18. The Kier molecular flexibility index (Phi) is 52.0. The number of carboxylic acids is 3. The Morgan fingerprint density at radius 1 is 0.354 bits per heavy atom. The molecular formula is C91H151N31O25. The molecule has 0 unspecified atom stereocenters. The third-order valence-corrected chi connectivity index (χ3v) is 25.0. The standard InChI is InChI=1S/C91H151N31O25/c1-47(2)69(82(141)118-70(48(3)4)86(145)122-42-16-25-64(122)81(140)115-59(21-12-38-105-91(100)101)84(143)120-40-14-23-62(120)79(138)112-53(18-9-35-102-88(94)95)73(132)106-45-66(126)116-71(49(5)6)87(146)147)117-77(136)57(31-33-68(129)130)111-74(133)54(19-10-36-103-89(96)97)110-75(134)55(20-11-37-104-90(98)99)113-80(139)63-24-15-41-121(63)85(144)60(46-123)108-65(125)44-107-78(137)61-22-13-39-119(61)83(142)58(17-7-8-34-92)114-76(135)56(30-32-67(127)128)109-72(131)52(93)43-50-26-28-51(124)29-27-50/h26-29,47-49,52-64,69-71,123-124H,7-25,30-46,92-93H2,1-6H3,(H,106,132)(H,107,137)(H,108,125)(H,109,131)(H,110,134)(H,111,133)(H,112,138)(H,113,139)(H,114,135)(H,115,140)(H,116,126)(H,117,136)(H,118,141)(H,127,128)(H,129,130)(H,146,147)(H4,94,95,102)(H4,96,97,103)(H4,98,99,104)(H4,100,101,105)/t52-,53-,54-,55-,56-,57-,58-,59-,60-,61-,62-,63-,64-,69-,70-,71-/m0/s1. The Hall–Kier alpha value is -14.6. The molecule has 4 heterocycles. The molecule has 1 aromatic rings. The van der Waals surface area contributed by atoms with Gasteiger partial charge in [-0.1, -0.05) is 53.7 Å². The lowest BCUT2D eigenvalue weighted by Gasteiger charge is -2.34. The summed E-state index contributed by atoms with van der Waals surface area (Å²) in [6.45, 7) is 6.82. The zero-order valence-electron chi connectivity index (χ0n) is 83.9. The Morgan fingerprint density at radius 3 is 1.07 bits per heavy atom. The summed E-state index contributed by atoms with van der Waals surface area (Å²) in [4.78, 5) is 284. The van der Waals surface area contributed by atoms with E-state index in [0.717, 1.165) is 4.90 Å². The zero-order valence-corrected chi connectivity index (χ0v) is 83.9. The van der Waals surface area contributed by atoms with Gasteiger partial charge in [-0.2, -0.15) is 0 Å². The molecule has 38 N–H and O–H groups in total. The highest BCUT2D eigenvalue weighted by atomic mass is 16.4. The highest BCUT2D eigenvalue weighted by Crippen LogP contribution is 2.27. The number of carboxylic acid groups (broad SMARTS) is 3. The first-order chi connectivity index (χ1) is 69.5. The van der Waals surface area contributed by atoms with Crippen molar-refractivity contribution in [2.24, 2.45) is 52.2 Å². The number of amides is 17. The highest BCUT2D eigenvalue weighted by molar-refractivity contribution is 6.02. The summed E-state index contributed by atoms with van der Waals surface area (Å²) in [5.41, 5.74) is 34.6. The summed E-state index contributed by atoms with van der Waals surface area (Å²) >= 11 is 0. The van der Waals surface area contributed by atoms with Gasteiger partial charge < -0.3 is 170 Å². The smallest absolute Gasteiger partial charge is 0.326 e. The van der Waals surface area contributed by atoms with Gasteiger partial charge in [-0.25, -0.2) is 4.79 Å². The Labute approximate surface area is 850 Å². The average Bonchev–Trinajstić information content (AvgIpc) is 1.70. The van der Waals surface area contributed by atoms with Crippen LogP contribution in [0.1, 0.15) is 195 Å². The van der Waals surface area contributed by atoms with Crippen LogP contribution in [0, 0.1) is 39.4 Å². The maximum Gasteiger partial charge on any atom is 0.326 e. The number of nitrogens with one attached hydrogen (secondary N) is 21. The number of benzene rings is 1. The first-order valence-electron chi connectivity index (χ1n) is 49.4. The molecule has 4 aliphatic rings. The normalized spacial score (nSPS) is 17.7. The number of unbranched alkanes of at least 4 members (excludes halogenated alkanes) is 1. The molecule has 0 radical (unpaired) electrons. The van der Waals surface area contributed by atoms with Crippen LogP contribution in [0.2, 0.25) is 0 Å². The molecule has 16 atom stereocenters. The molecule has 0 aromatic heterocycles. The van der Waals surface area contributed by atoms with E-state index in [1.165, 1.54) is 52.8 Å². The number of phenolic OH excluding ortho intramolecular Hbond substituents is 1. The van der Waals surface area contributed by atoms with Gasteiger partial charge in [0, 0.05) is 65.2 Å². The van der Waals surface area contributed by atoms with E-state index in [0.29, 0.717) is 18.4 Å². The summed E-state index contributed by atoms with van der Waals surface area (Å²) in [5, 5.41) is 124. The van der Waals surface area contributed by atoms with Gasteiger partial charge in [0.1, 0.15) is 96.4 Å². The summed E-state index contributed by atoms with van der Waals surface area (Å²) in [6, 6.07) is -17.2. The highest BCUT2D eigenvalue weighted by Gasteiger charge is 2.47. The van der Waals surface area contributed by atoms with Crippen LogP contribution in [0.4, 0.5) is 0 Å². The molecule has 147 heavy (non-hydrogen) atoms. The quantitative estimate of drug-likeness (QED) is 0.0164. The SMILES string of the molecule is CC(C)[C@H](NC(=O)CNC(=O)[C@H](CCCNC(=N)N)NC(=O)[C@@H]1CCCN1C(=O)[C@H](CCCNC(=N)N)NC(=O)[C@@H]1CCCN1C(=O)[C@@H](NC(=O)[C@@H](NC(=O)[C@H](CCC(=O)O)NC(=O)[C@H](CCCNC(=N)N)NC(=O)[C@H](CCCNC(=N)N)NC(=O)[C@@H]1CCCN1C(=O)[C@H](CO)NC(=O)CNC(=O)[C@@H]1CCCN1C(=O)[C@H](CCCCN)NC(=O)[C@H](CCC(=O)O)NC(=O)[C@@H](N)Cc1ccc(O)cc1)C(C)C)C(C)C)C(=O)O. The van der Waals surface area contributed by atoms with Crippen molar-refractivity contribution in [2.75, 3.05) is 78.6 Å². The number of nitrogens with zero attached hydrogens (tertiary/aromatic N) is 4. The fraction of sp³-hybridized carbons (Fsp3) is 0.670. The van der Waals surface area contributed by atoms with Crippen LogP contribution >= 0.6 is 0 Å². The van der Waals surface area contributed by atoms with Crippen molar-refractivity contribution < 1.29 is 121 Å². The summed E-state index contributed by atoms with van der Waals surface area (Å²) in [7, 11) is 0. The Balaban J connectivity index is 1.30. The van der Waals surface area contributed by atoms with Crippen LogP contribution in [-0.2, 0) is 102 Å². The van der Waals surface area contributed by atoms with Gasteiger partial charge in [-0.3, -0.25) is 113 Å². The summed E-state index contributed by atoms with van der Waals surface area (Å²) < 4.78 is 0. The second-order valence-corrected chi connectivity index (χ2v) is 37.6. The number of carbonyl (C=O) groups is 20. The van der Waals surface area contributed by atoms with E-state index < -0.39 is 296 Å². The van der Waals surface area contributed by atoms with Crippen LogP contribution in [0.25, 0.3) is 0 Å². The molecule has 56 nitrogen and oxygen atoms in total. The number of aromatic hydroxyl groups is 1. The molecule has 4 aliphatic heterocycles. The van der Waals surface area contributed by atoms with E-state index in [-0.39, 0.29) is 186 Å². The van der Waals surface area contributed by atoms with E-state index in [1.807, 2.05) is 0 Å². The van der Waals surface area contributed by atoms with Crippen molar-refractivity contribution in [1.29, 1.82) is 21.6 Å². The lowest BCUT2D eigenvalue weighted by molar-refractivity contribution is -0.145. The number of aliphatic carboxylic acids is 3. The van der Waals surface area contributed by atoms with Gasteiger partial charge in [0.05, 0.1) is 25.7 Å². The fourth-order valence-electron chi connectivity index (χ4n) is 17.2. The molecule has 4 saturated heterocycles. The maximum absolute atomic E-state index is 15.0. The topological polar surface area (TPSA) is 912 Å². The van der Waals surface area contributed by atoms with Crippen LogP contribution in [-0.4, -0.2) is 363 Å². The Bertz CT molecular complexity index is 4760. The van der Waals surface area contributed by atoms with E-state index in [9.17, 15) is 117 Å². The van der Waals surface area contributed by atoms with Crippen molar-refractivity contribution in [3.8, 4) is 5.75 Å². The molecule has 0 aliphatic carbocycles. The van der Waals surface area contributed by atoms with Crippen LogP contribution in [0.3, 0.4) is 0 Å². The molecule has 820 valence electrons. The van der Waals surface area contributed by atoms with Crippen LogP contribution in [0.15, 0.2) is 24.3 Å². The van der Waals surface area contributed by atoms with E-state index in [1.54, 1.807) is 27.7 Å². The number of carbonyl (C=O) groups excluding carboxylic acids is 17. The number of likely N-dealkylation sites (tertiary alicyclic amines) is 4. The minimum atomic E-state index is -1.81. The third-order valence-electron chi connectivity index (χ3n) is 25.0. The lowest BCUT2D eigenvalue weighted by atomic mass is 9.98. The number of phenols is 1. The fourth-order valence-corrected chi connectivity index (χ4v) is 17.2. The van der Waals surface area contributed by atoms with E-state index in [4.69, 9.17) is 56.0 Å². The van der Waals surface area contributed by atoms with Gasteiger partial charge in [0.15, 0.2) is 23.8 Å². The second kappa shape index (κ2) is 62.3. The molecule has 4 fully saturated rings. The van der Waals surface area contributed by atoms with Crippen molar-refractivity contribution in [3.63, 3.8) is 0 Å². The van der Waals surface area contributed by atoms with Gasteiger partial charge in [-0.05, 0) is 183 Å². The van der Waals surface area contributed by atoms with Gasteiger partial charge >= 0.3 is 17.9 Å². The summed E-state index contributed by atoms with van der Waals surface area (Å²) in [5.74, 6) is -23.2. The van der Waals surface area contributed by atoms with Crippen molar-refractivity contribution in [3.05, 3.63) is 29.8 Å². The van der Waals surface area contributed by atoms with Crippen molar-refractivity contribution in [1.82, 2.24) is 110 Å². The van der Waals surface area contributed by atoms with Crippen molar-refractivity contribution >= 4 is 142 Å². The third kappa shape index (κ3) is 41.4. The predicted octanol–water partition coefficient (Wildman–Crippen LogP) is -9.25. The molecule has 0 spiro atoms. The minimum absolute atomic E-state index is 0.00229. The zero-order chi connectivity index (χ0) is 110. The molecular weight excluding hydrogens is 1930 g/mol. The lowest BCUT2D eigenvalue weighted by Crippen LogP contribution is -2.62. The molecule has 17 amide bonds. The number of aliphatic hydroxyl groups is 1. The predicted molar refractivity (Wildman–Crippen MR) is 528 cm³/mol.